The number of morpholine rings is 1. The molecule has 2 fully saturated rings. The third kappa shape index (κ3) is 3.67. The number of nitrogens with zero attached hydrogens (tertiary/aromatic N) is 1. The second-order valence-corrected chi connectivity index (χ2v) is 6.15. The average molecular weight is 240 g/mol. The maximum atomic E-state index is 6.24. The summed E-state index contributed by atoms with van der Waals surface area (Å²) in [6.45, 7) is 7.54. The van der Waals surface area contributed by atoms with Crippen molar-refractivity contribution in [3.05, 3.63) is 0 Å². The Kier molecular flexibility index (Phi) is 4.83. The molecule has 1 saturated carbocycles. The van der Waals surface area contributed by atoms with Crippen molar-refractivity contribution in [2.45, 2.75) is 64.1 Å². The molecule has 0 amide bonds. The van der Waals surface area contributed by atoms with Crippen LogP contribution >= 0.6 is 0 Å². The molecule has 3 nitrogen and oxygen atoms in total. The van der Waals surface area contributed by atoms with Crippen LogP contribution in [0.4, 0.5) is 0 Å². The number of hydrogen-bond donors (Lipinski definition) is 1. The highest BCUT2D eigenvalue weighted by molar-refractivity contribution is 4.88. The van der Waals surface area contributed by atoms with Crippen molar-refractivity contribution >= 4 is 0 Å². The van der Waals surface area contributed by atoms with Crippen LogP contribution in [0.5, 0.6) is 0 Å². The van der Waals surface area contributed by atoms with Crippen LogP contribution in [0.2, 0.25) is 0 Å². The van der Waals surface area contributed by atoms with E-state index in [4.69, 9.17) is 10.5 Å². The normalized spacial score (nSPS) is 32.5. The quantitative estimate of drug-likeness (QED) is 0.817. The maximum Gasteiger partial charge on any atom is 0.0730 e. The van der Waals surface area contributed by atoms with E-state index in [9.17, 15) is 0 Å². The third-order valence-electron chi connectivity index (χ3n) is 4.09. The van der Waals surface area contributed by atoms with Crippen molar-refractivity contribution in [3.8, 4) is 0 Å². The van der Waals surface area contributed by atoms with Gasteiger partial charge in [0, 0.05) is 25.2 Å². The fourth-order valence-electron chi connectivity index (χ4n) is 3.38. The van der Waals surface area contributed by atoms with Crippen LogP contribution in [-0.2, 0) is 4.74 Å². The first-order valence-corrected chi connectivity index (χ1v) is 7.28. The highest BCUT2D eigenvalue weighted by Gasteiger charge is 2.34. The molecule has 0 aromatic carbocycles. The number of ether oxygens (including phenoxy) is 1. The Morgan fingerprint density at radius 2 is 2.06 bits per heavy atom. The number of hydrogen-bond acceptors (Lipinski definition) is 3. The highest BCUT2D eigenvalue weighted by atomic mass is 16.5. The van der Waals surface area contributed by atoms with E-state index in [1.807, 2.05) is 0 Å². The zero-order valence-electron chi connectivity index (χ0n) is 11.4. The summed E-state index contributed by atoms with van der Waals surface area (Å²) in [7, 11) is 0. The molecule has 0 bridgehead atoms. The second-order valence-electron chi connectivity index (χ2n) is 6.15. The second kappa shape index (κ2) is 6.17. The van der Waals surface area contributed by atoms with Gasteiger partial charge in [0.15, 0.2) is 0 Å². The van der Waals surface area contributed by atoms with E-state index < -0.39 is 0 Å². The van der Waals surface area contributed by atoms with Gasteiger partial charge in [-0.15, -0.1) is 0 Å². The average Bonchev–Trinajstić information content (AvgIpc) is 2.28. The number of fused-ring (bicyclic) bond motifs is 1. The summed E-state index contributed by atoms with van der Waals surface area (Å²) in [4.78, 5) is 2.60. The predicted octanol–water partition coefficient (Wildman–Crippen LogP) is 2.00. The monoisotopic (exact) mass is 240 g/mol. The van der Waals surface area contributed by atoms with Crippen LogP contribution in [0.1, 0.15) is 46.0 Å². The van der Waals surface area contributed by atoms with Crippen LogP contribution in [0.25, 0.3) is 0 Å². The lowest BCUT2D eigenvalue weighted by Gasteiger charge is -2.44. The molecule has 0 aromatic heterocycles. The summed E-state index contributed by atoms with van der Waals surface area (Å²) in [6.07, 6.45) is 6.88. The van der Waals surface area contributed by atoms with Gasteiger partial charge in [-0.25, -0.2) is 0 Å². The van der Waals surface area contributed by atoms with E-state index in [0.717, 1.165) is 26.1 Å². The van der Waals surface area contributed by atoms with E-state index in [2.05, 4.69) is 18.7 Å². The minimum atomic E-state index is 0.329. The van der Waals surface area contributed by atoms with Crippen molar-refractivity contribution in [2.75, 3.05) is 19.7 Å². The zero-order chi connectivity index (χ0) is 12.3. The van der Waals surface area contributed by atoms with Crippen LogP contribution in [0.15, 0.2) is 0 Å². The van der Waals surface area contributed by atoms with E-state index in [-0.39, 0.29) is 0 Å². The van der Waals surface area contributed by atoms with Crippen LogP contribution < -0.4 is 5.73 Å². The molecule has 1 aliphatic heterocycles. The van der Waals surface area contributed by atoms with E-state index in [1.165, 1.54) is 25.7 Å². The maximum absolute atomic E-state index is 6.24. The fourth-order valence-corrected chi connectivity index (χ4v) is 3.38. The Balaban J connectivity index is 1.85. The van der Waals surface area contributed by atoms with Gasteiger partial charge < -0.3 is 10.5 Å². The van der Waals surface area contributed by atoms with E-state index >= 15 is 0 Å². The van der Waals surface area contributed by atoms with Gasteiger partial charge in [-0.1, -0.05) is 26.7 Å². The fraction of sp³-hybridized carbons (Fsp3) is 1.00. The molecule has 3 unspecified atom stereocenters. The van der Waals surface area contributed by atoms with Crippen molar-refractivity contribution in [3.63, 3.8) is 0 Å². The van der Waals surface area contributed by atoms with Gasteiger partial charge in [-0.2, -0.15) is 0 Å². The SMILES string of the molecule is CC(C)CC(N)CN1CCOC2CCCCC21. The van der Waals surface area contributed by atoms with E-state index in [0.29, 0.717) is 24.1 Å². The smallest absolute Gasteiger partial charge is 0.0730 e. The van der Waals surface area contributed by atoms with Crippen LogP contribution in [0.3, 0.4) is 0 Å². The minimum absolute atomic E-state index is 0.329. The summed E-state index contributed by atoms with van der Waals surface area (Å²) in [6, 6.07) is 0.978. The van der Waals surface area contributed by atoms with Gasteiger partial charge >= 0.3 is 0 Å². The Morgan fingerprint density at radius 1 is 1.29 bits per heavy atom. The van der Waals surface area contributed by atoms with Crippen LogP contribution in [-0.4, -0.2) is 42.8 Å². The summed E-state index contributed by atoms with van der Waals surface area (Å²) in [5.74, 6) is 0.702. The molecule has 17 heavy (non-hydrogen) atoms. The van der Waals surface area contributed by atoms with Gasteiger partial charge in [0.2, 0.25) is 0 Å². The van der Waals surface area contributed by atoms with Gasteiger partial charge in [0.25, 0.3) is 0 Å². The molecule has 1 saturated heterocycles. The lowest BCUT2D eigenvalue weighted by molar-refractivity contribution is -0.0896. The lowest BCUT2D eigenvalue weighted by Crippen LogP contribution is -2.55. The molecule has 3 atom stereocenters. The molecular weight excluding hydrogens is 212 g/mol. The van der Waals surface area contributed by atoms with Gasteiger partial charge in [0.1, 0.15) is 0 Å². The van der Waals surface area contributed by atoms with Gasteiger partial charge in [0.05, 0.1) is 12.7 Å². The largest absolute Gasteiger partial charge is 0.375 e. The Bertz CT molecular complexity index is 230. The van der Waals surface area contributed by atoms with Crippen LogP contribution in [0, 0.1) is 5.92 Å². The van der Waals surface area contributed by atoms with Gasteiger partial charge in [-0.3, -0.25) is 4.90 Å². The molecule has 1 aliphatic carbocycles. The molecule has 2 aliphatic rings. The van der Waals surface area contributed by atoms with Gasteiger partial charge in [-0.05, 0) is 25.2 Å². The Hall–Kier alpha value is -0.120. The Labute approximate surface area is 106 Å². The lowest BCUT2D eigenvalue weighted by atomic mass is 9.89. The molecule has 100 valence electrons. The highest BCUT2D eigenvalue weighted by Crippen LogP contribution is 2.28. The predicted molar refractivity (Wildman–Crippen MR) is 71.0 cm³/mol. The van der Waals surface area contributed by atoms with Crippen molar-refractivity contribution in [2.24, 2.45) is 11.7 Å². The summed E-state index contributed by atoms with van der Waals surface area (Å²) in [5, 5.41) is 0. The molecular formula is C14H28N2O. The first kappa shape index (κ1) is 13.3. The summed E-state index contributed by atoms with van der Waals surface area (Å²) >= 11 is 0. The zero-order valence-corrected chi connectivity index (χ0v) is 11.4. The molecule has 2 rings (SSSR count). The summed E-state index contributed by atoms with van der Waals surface area (Å²) in [5.41, 5.74) is 6.24. The van der Waals surface area contributed by atoms with Crippen molar-refractivity contribution in [1.29, 1.82) is 0 Å². The first-order chi connectivity index (χ1) is 8.16. The molecule has 0 spiro atoms. The number of rotatable bonds is 4. The third-order valence-corrected chi connectivity index (χ3v) is 4.09. The first-order valence-electron chi connectivity index (χ1n) is 7.28. The molecule has 0 radical (unpaired) electrons. The molecule has 3 heteroatoms. The standard InChI is InChI=1S/C14H28N2O/c1-11(2)9-12(15)10-16-7-8-17-14-6-4-3-5-13(14)16/h11-14H,3-10,15H2,1-2H3. The van der Waals surface area contributed by atoms with Crippen molar-refractivity contribution in [1.82, 2.24) is 4.90 Å². The minimum Gasteiger partial charge on any atom is -0.375 e. The molecule has 1 heterocycles. The summed E-state index contributed by atoms with van der Waals surface area (Å²) < 4.78 is 5.89. The Morgan fingerprint density at radius 3 is 2.82 bits per heavy atom. The topological polar surface area (TPSA) is 38.5 Å². The van der Waals surface area contributed by atoms with E-state index in [1.54, 1.807) is 0 Å². The number of nitrogens with two attached hydrogens (primary N) is 1. The molecule has 0 aromatic rings. The molecule has 2 N–H and O–H groups in total. The van der Waals surface area contributed by atoms with Crippen molar-refractivity contribution < 1.29 is 4.74 Å².